The average molecular weight is 292 g/mol. The van der Waals surface area contributed by atoms with Crippen molar-refractivity contribution in [3.8, 4) is 0 Å². The van der Waals surface area contributed by atoms with Gasteiger partial charge >= 0.3 is 5.69 Å². The predicted octanol–water partition coefficient (Wildman–Crippen LogP) is 2.44. The summed E-state index contributed by atoms with van der Waals surface area (Å²) in [5, 5.41) is 0.736. The summed E-state index contributed by atoms with van der Waals surface area (Å²) < 4.78 is 1.17. The second kappa shape index (κ2) is 4.32. The van der Waals surface area contributed by atoms with E-state index in [1.54, 1.807) is 11.3 Å². The van der Waals surface area contributed by atoms with E-state index in [0.29, 0.717) is 5.92 Å². The molecule has 1 atom stereocenters. The molecule has 0 aliphatic heterocycles. The Balaban J connectivity index is 2.20. The van der Waals surface area contributed by atoms with Gasteiger partial charge in [0.1, 0.15) is 4.83 Å². The molecule has 0 spiro atoms. The lowest BCUT2D eigenvalue weighted by Gasteiger charge is -2.33. The Kier molecular flexibility index (Phi) is 2.94. The van der Waals surface area contributed by atoms with E-state index < -0.39 is 0 Å². The molecule has 20 heavy (non-hydrogen) atoms. The molecule has 1 N–H and O–H groups in total. The molecule has 0 bridgehead atoms. The Morgan fingerprint density at radius 2 is 2.00 bits per heavy atom. The lowest BCUT2D eigenvalue weighted by molar-refractivity contribution is 0.218. The summed E-state index contributed by atoms with van der Waals surface area (Å²) in [6.07, 6.45) is 3.08. The van der Waals surface area contributed by atoms with Crippen molar-refractivity contribution < 1.29 is 0 Å². The number of fused-ring (bicyclic) bond motifs is 3. The Labute approximate surface area is 121 Å². The quantitative estimate of drug-likeness (QED) is 0.811. The third-order valence-corrected chi connectivity index (χ3v) is 5.70. The van der Waals surface area contributed by atoms with Crippen LogP contribution in [0.25, 0.3) is 10.2 Å². The van der Waals surface area contributed by atoms with E-state index in [0.717, 1.165) is 29.5 Å². The number of aromatic nitrogens is 2. The molecule has 0 amide bonds. The Morgan fingerprint density at radius 1 is 1.30 bits per heavy atom. The molecular formula is C15H20N2O2S. The number of nitrogens with zero attached hydrogens (tertiary/aromatic N) is 1. The van der Waals surface area contributed by atoms with E-state index >= 15 is 0 Å². The highest BCUT2D eigenvalue weighted by Crippen LogP contribution is 2.41. The maximum Gasteiger partial charge on any atom is 0.329 e. The number of aryl methyl sites for hydroxylation is 1. The first kappa shape index (κ1) is 13.6. The van der Waals surface area contributed by atoms with Crippen LogP contribution in [0.15, 0.2) is 9.59 Å². The Morgan fingerprint density at radius 3 is 2.65 bits per heavy atom. The fraction of sp³-hybridized carbons (Fsp3) is 0.600. The zero-order valence-corrected chi connectivity index (χ0v) is 13.2. The third kappa shape index (κ3) is 1.95. The van der Waals surface area contributed by atoms with E-state index in [4.69, 9.17) is 0 Å². The van der Waals surface area contributed by atoms with E-state index in [2.05, 4.69) is 25.8 Å². The molecule has 1 aliphatic carbocycles. The SMILES string of the molecule is Cn1c(=O)[nH]c2sc3c(c2c1=O)CCC(C(C)(C)C)C3. The summed E-state index contributed by atoms with van der Waals surface area (Å²) in [5.41, 5.74) is 0.970. The monoisotopic (exact) mass is 292 g/mol. The van der Waals surface area contributed by atoms with Gasteiger partial charge in [-0.25, -0.2) is 4.79 Å². The normalized spacial score (nSPS) is 19.3. The van der Waals surface area contributed by atoms with Gasteiger partial charge in [-0.15, -0.1) is 11.3 Å². The molecule has 1 unspecified atom stereocenters. The molecule has 2 heterocycles. The van der Waals surface area contributed by atoms with Crippen molar-refractivity contribution in [1.29, 1.82) is 0 Å². The maximum atomic E-state index is 12.3. The fourth-order valence-electron chi connectivity index (χ4n) is 3.08. The summed E-state index contributed by atoms with van der Waals surface area (Å²) in [7, 11) is 1.53. The van der Waals surface area contributed by atoms with E-state index in [-0.39, 0.29) is 16.7 Å². The number of thiophene rings is 1. The second-order valence-electron chi connectivity index (χ2n) is 6.81. The molecule has 2 aromatic heterocycles. The summed E-state index contributed by atoms with van der Waals surface area (Å²) in [5.74, 6) is 0.638. The van der Waals surface area contributed by atoms with Crippen LogP contribution in [0.2, 0.25) is 0 Å². The minimum atomic E-state index is -0.325. The van der Waals surface area contributed by atoms with Gasteiger partial charge in [0.05, 0.1) is 5.39 Å². The largest absolute Gasteiger partial charge is 0.329 e. The number of aromatic amines is 1. The molecular weight excluding hydrogens is 272 g/mol. The van der Waals surface area contributed by atoms with Crippen LogP contribution in [0.3, 0.4) is 0 Å². The molecule has 108 valence electrons. The second-order valence-corrected chi connectivity index (χ2v) is 7.91. The highest BCUT2D eigenvalue weighted by atomic mass is 32.1. The number of rotatable bonds is 0. The van der Waals surface area contributed by atoms with Crippen LogP contribution in [0.4, 0.5) is 0 Å². The van der Waals surface area contributed by atoms with Crippen molar-refractivity contribution >= 4 is 21.6 Å². The lowest BCUT2D eigenvalue weighted by Crippen LogP contribution is -2.32. The first-order chi connectivity index (χ1) is 9.29. The minimum Gasteiger partial charge on any atom is -0.298 e. The third-order valence-electron chi connectivity index (χ3n) is 4.53. The molecule has 0 saturated heterocycles. The minimum absolute atomic E-state index is 0.157. The molecule has 2 aromatic rings. The van der Waals surface area contributed by atoms with Crippen molar-refractivity contribution in [2.45, 2.75) is 40.0 Å². The van der Waals surface area contributed by atoms with Crippen LogP contribution in [0.1, 0.15) is 37.6 Å². The number of hydrogen-bond donors (Lipinski definition) is 1. The molecule has 1 aliphatic rings. The summed E-state index contributed by atoms with van der Waals surface area (Å²) >= 11 is 1.59. The first-order valence-corrected chi connectivity index (χ1v) is 7.84. The van der Waals surface area contributed by atoms with Gasteiger partial charge in [-0.1, -0.05) is 20.8 Å². The topological polar surface area (TPSA) is 54.9 Å². The van der Waals surface area contributed by atoms with Gasteiger partial charge < -0.3 is 0 Å². The smallest absolute Gasteiger partial charge is 0.298 e. The van der Waals surface area contributed by atoms with Gasteiger partial charge in [0.15, 0.2) is 0 Å². The van der Waals surface area contributed by atoms with E-state index in [9.17, 15) is 9.59 Å². The van der Waals surface area contributed by atoms with Crippen LogP contribution >= 0.6 is 11.3 Å². The standard InChI is InChI=1S/C15H20N2O2S/c1-15(2,3)8-5-6-9-10(7-8)20-12-11(9)13(18)17(4)14(19)16-12/h8H,5-7H2,1-4H3,(H,16,19). The van der Waals surface area contributed by atoms with E-state index in [1.165, 1.54) is 22.1 Å². The van der Waals surface area contributed by atoms with Crippen LogP contribution < -0.4 is 11.2 Å². The van der Waals surface area contributed by atoms with Crippen LogP contribution in [0, 0.1) is 11.3 Å². The van der Waals surface area contributed by atoms with Gasteiger partial charge in [0, 0.05) is 11.9 Å². The van der Waals surface area contributed by atoms with Gasteiger partial charge in [-0.3, -0.25) is 14.3 Å². The molecule has 0 fully saturated rings. The van der Waals surface area contributed by atoms with Gasteiger partial charge in [0.2, 0.25) is 0 Å². The highest BCUT2D eigenvalue weighted by molar-refractivity contribution is 7.18. The van der Waals surface area contributed by atoms with Crippen molar-refractivity contribution in [3.05, 3.63) is 31.3 Å². The highest BCUT2D eigenvalue weighted by Gasteiger charge is 2.31. The van der Waals surface area contributed by atoms with Crippen molar-refractivity contribution in [2.75, 3.05) is 0 Å². The zero-order chi connectivity index (χ0) is 14.7. The molecule has 5 heteroatoms. The van der Waals surface area contributed by atoms with Crippen LogP contribution in [-0.2, 0) is 19.9 Å². The molecule has 0 saturated carbocycles. The molecule has 3 rings (SSSR count). The van der Waals surface area contributed by atoms with Crippen molar-refractivity contribution in [3.63, 3.8) is 0 Å². The number of H-pyrrole nitrogens is 1. The predicted molar refractivity (Wildman–Crippen MR) is 82.7 cm³/mol. The molecule has 0 aromatic carbocycles. The summed E-state index contributed by atoms with van der Waals surface area (Å²) in [6, 6.07) is 0. The van der Waals surface area contributed by atoms with Crippen LogP contribution in [0.5, 0.6) is 0 Å². The summed E-state index contributed by atoms with van der Waals surface area (Å²) in [6.45, 7) is 6.82. The number of hydrogen-bond acceptors (Lipinski definition) is 3. The average Bonchev–Trinajstić information content (AvgIpc) is 2.71. The Hall–Kier alpha value is -1.36. The van der Waals surface area contributed by atoms with Crippen molar-refractivity contribution in [2.24, 2.45) is 18.4 Å². The van der Waals surface area contributed by atoms with Crippen molar-refractivity contribution in [1.82, 2.24) is 9.55 Å². The zero-order valence-electron chi connectivity index (χ0n) is 12.4. The first-order valence-electron chi connectivity index (χ1n) is 7.02. The Bertz CT molecular complexity index is 789. The van der Waals surface area contributed by atoms with Gasteiger partial charge in [-0.2, -0.15) is 0 Å². The summed E-state index contributed by atoms with van der Waals surface area (Å²) in [4.78, 5) is 28.9. The molecule has 0 radical (unpaired) electrons. The maximum absolute atomic E-state index is 12.3. The van der Waals surface area contributed by atoms with Gasteiger partial charge in [-0.05, 0) is 36.2 Å². The van der Waals surface area contributed by atoms with Gasteiger partial charge in [0.25, 0.3) is 5.56 Å². The van der Waals surface area contributed by atoms with E-state index in [1.807, 2.05) is 0 Å². The fourth-order valence-corrected chi connectivity index (χ4v) is 4.39. The number of nitrogens with one attached hydrogen (secondary N) is 1. The van der Waals surface area contributed by atoms with Crippen LogP contribution in [-0.4, -0.2) is 9.55 Å². The lowest BCUT2D eigenvalue weighted by atomic mass is 9.72. The molecule has 4 nitrogen and oxygen atoms in total.